The first-order valence-electron chi connectivity index (χ1n) is 6.40. The summed E-state index contributed by atoms with van der Waals surface area (Å²) in [7, 11) is -0.0984. The van der Waals surface area contributed by atoms with E-state index in [-0.39, 0.29) is 18.0 Å². The summed E-state index contributed by atoms with van der Waals surface area (Å²) < 4.78 is 63.5. The van der Waals surface area contributed by atoms with Crippen molar-refractivity contribution in [2.24, 2.45) is 0 Å². The zero-order valence-electron chi connectivity index (χ0n) is 12.2. The molecule has 0 fully saturated rings. The number of sulfonamides is 1. The van der Waals surface area contributed by atoms with E-state index in [0.717, 1.165) is 16.4 Å². The molecule has 120 valence electrons. The molecule has 1 aromatic carbocycles. The molecule has 0 atom stereocenters. The van der Waals surface area contributed by atoms with Crippen LogP contribution in [0.5, 0.6) is 0 Å². The lowest BCUT2D eigenvalue weighted by molar-refractivity contribution is -0.137. The second-order valence-corrected chi connectivity index (χ2v) is 7.01. The number of hydrogen-bond acceptors (Lipinski definition) is 3. The molecular weight excluding hydrogens is 305 g/mol. The molecule has 0 spiro atoms. The zero-order chi connectivity index (χ0) is 16.3. The molecule has 0 bridgehead atoms. The van der Waals surface area contributed by atoms with Crippen LogP contribution in [0, 0.1) is 0 Å². The lowest BCUT2D eigenvalue weighted by atomic mass is 10.2. The van der Waals surface area contributed by atoms with Crippen molar-refractivity contribution in [3.63, 3.8) is 0 Å². The normalized spacial score (nSPS) is 12.7. The minimum atomic E-state index is -4.50. The first-order chi connectivity index (χ1) is 9.58. The van der Waals surface area contributed by atoms with Crippen LogP contribution in [0.15, 0.2) is 24.3 Å². The van der Waals surface area contributed by atoms with Crippen LogP contribution in [0.4, 0.5) is 18.9 Å². The third-order valence-electron chi connectivity index (χ3n) is 2.91. The van der Waals surface area contributed by atoms with E-state index in [1.54, 1.807) is 19.0 Å². The van der Waals surface area contributed by atoms with Gasteiger partial charge in [-0.1, -0.05) is 6.07 Å². The van der Waals surface area contributed by atoms with Gasteiger partial charge in [0, 0.05) is 13.1 Å². The number of nitrogens with zero attached hydrogens (tertiary/aromatic N) is 2. The molecule has 0 aliphatic heterocycles. The van der Waals surface area contributed by atoms with Crippen molar-refractivity contribution >= 4 is 15.7 Å². The highest BCUT2D eigenvalue weighted by atomic mass is 32.2. The van der Waals surface area contributed by atoms with Gasteiger partial charge in [0.15, 0.2) is 0 Å². The Labute approximate surface area is 123 Å². The Morgan fingerprint density at radius 1 is 1.14 bits per heavy atom. The minimum Gasteiger partial charge on any atom is -0.308 e. The smallest absolute Gasteiger partial charge is 0.308 e. The maximum atomic E-state index is 12.7. The van der Waals surface area contributed by atoms with Crippen molar-refractivity contribution in [2.75, 3.05) is 37.2 Å². The lowest BCUT2D eigenvalue weighted by Gasteiger charge is -2.26. The Morgan fingerprint density at radius 3 is 2.24 bits per heavy atom. The van der Waals surface area contributed by atoms with Gasteiger partial charge in [0.2, 0.25) is 10.0 Å². The maximum absolute atomic E-state index is 12.7. The van der Waals surface area contributed by atoms with E-state index in [0.29, 0.717) is 6.54 Å². The average Bonchev–Trinajstić information content (AvgIpc) is 2.37. The molecule has 0 radical (unpaired) electrons. The fourth-order valence-electron chi connectivity index (χ4n) is 1.71. The summed E-state index contributed by atoms with van der Waals surface area (Å²) in [5.41, 5.74) is -0.824. The van der Waals surface area contributed by atoms with Crippen LogP contribution >= 0.6 is 0 Å². The molecule has 0 amide bonds. The van der Waals surface area contributed by atoms with E-state index in [4.69, 9.17) is 0 Å². The summed E-state index contributed by atoms with van der Waals surface area (Å²) in [4.78, 5) is 1.77. The molecule has 0 N–H and O–H groups in total. The van der Waals surface area contributed by atoms with E-state index < -0.39 is 21.8 Å². The van der Waals surface area contributed by atoms with Crippen molar-refractivity contribution in [2.45, 2.75) is 13.1 Å². The van der Waals surface area contributed by atoms with Crippen molar-refractivity contribution < 1.29 is 21.6 Å². The number of rotatable bonds is 6. The average molecular weight is 324 g/mol. The summed E-state index contributed by atoms with van der Waals surface area (Å²) in [6, 6.07) is 4.37. The number of hydrogen-bond donors (Lipinski definition) is 0. The molecular formula is C13H19F3N2O2S. The molecule has 4 nitrogen and oxygen atoms in total. The number of anilines is 1. The van der Waals surface area contributed by atoms with Crippen LogP contribution in [0.3, 0.4) is 0 Å². The van der Waals surface area contributed by atoms with Crippen LogP contribution < -0.4 is 4.31 Å². The fourth-order valence-corrected chi connectivity index (χ4v) is 2.82. The largest absolute Gasteiger partial charge is 0.416 e. The predicted octanol–water partition coefficient (Wildman–Crippen LogP) is 2.42. The highest BCUT2D eigenvalue weighted by Crippen LogP contribution is 2.32. The monoisotopic (exact) mass is 324 g/mol. The quantitative estimate of drug-likeness (QED) is 0.807. The highest BCUT2D eigenvalue weighted by molar-refractivity contribution is 7.92. The molecule has 0 aliphatic rings. The summed E-state index contributed by atoms with van der Waals surface area (Å²) in [6.45, 7) is 1.98. The van der Waals surface area contributed by atoms with Gasteiger partial charge in [-0.15, -0.1) is 0 Å². The van der Waals surface area contributed by atoms with Gasteiger partial charge in [-0.05, 0) is 39.2 Å². The topological polar surface area (TPSA) is 40.6 Å². The molecule has 0 unspecified atom stereocenters. The van der Waals surface area contributed by atoms with Gasteiger partial charge >= 0.3 is 6.18 Å². The molecule has 8 heteroatoms. The van der Waals surface area contributed by atoms with Crippen molar-refractivity contribution in [1.82, 2.24) is 4.90 Å². The molecule has 21 heavy (non-hydrogen) atoms. The standard InChI is InChI=1S/C13H19F3N2O2S/c1-4-21(19,20)18(9-8-17(2)3)12-7-5-6-11(10-12)13(14,15)16/h5-7,10H,4,8-9H2,1-3H3. The van der Waals surface area contributed by atoms with Crippen molar-refractivity contribution in [3.05, 3.63) is 29.8 Å². The first kappa shape index (κ1) is 17.8. The predicted molar refractivity (Wildman–Crippen MR) is 76.8 cm³/mol. The van der Waals surface area contributed by atoms with Gasteiger partial charge in [0.05, 0.1) is 17.0 Å². The third-order valence-corrected chi connectivity index (χ3v) is 4.71. The maximum Gasteiger partial charge on any atom is 0.416 e. The molecule has 0 saturated carbocycles. The molecule has 1 rings (SSSR count). The molecule has 0 heterocycles. The van der Waals surface area contributed by atoms with E-state index in [1.165, 1.54) is 19.1 Å². The Morgan fingerprint density at radius 2 is 1.76 bits per heavy atom. The van der Waals surface area contributed by atoms with Gasteiger partial charge < -0.3 is 4.90 Å². The molecule has 0 saturated heterocycles. The Bertz CT molecular complexity index is 571. The van der Waals surface area contributed by atoms with Crippen LogP contribution in [0.2, 0.25) is 0 Å². The summed E-state index contributed by atoms with van der Waals surface area (Å²) in [5, 5.41) is 0. The summed E-state index contributed by atoms with van der Waals surface area (Å²) in [5.74, 6) is -0.170. The lowest BCUT2D eigenvalue weighted by Crippen LogP contribution is -2.37. The van der Waals surface area contributed by atoms with E-state index in [9.17, 15) is 21.6 Å². The zero-order valence-corrected chi connectivity index (χ0v) is 13.0. The second kappa shape index (κ2) is 6.65. The number of likely N-dealkylation sites (N-methyl/N-ethyl adjacent to an activating group) is 1. The third kappa shape index (κ3) is 4.89. The first-order valence-corrected chi connectivity index (χ1v) is 8.01. The summed E-state index contributed by atoms with van der Waals surface area (Å²) >= 11 is 0. The molecule has 1 aromatic rings. The second-order valence-electron chi connectivity index (χ2n) is 4.82. The van der Waals surface area contributed by atoms with Gasteiger partial charge in [0.1, 0.15) is 0 Å². The van der Waals surface area contributed by atoms with E-state index >= 15 is 0 Å². The summed E-state index contributed by atoms with van der Waals surface area (Å²) in [6.07, 6.45) is -4.50. The van der Waals surface area contributed by atoms with E-state index in [2.05, 4.69) is 0 Å². The Balaban J connectivity index is 3.20. The fraction of sp³-hybridized carbons (Fsp3) is 0.538. The Kier molecular flexibility index (Phi) is 5.63. The number of benzene rings is 1. The molecule has 0 aromatic heterocycles. The van der Waals surface area contributed by atoms with E-state index in [1.807, 2.05) is 0 Å². The Hall–Kier alpha value is -1.28. The van der Waals surface area contributed by atoms with Gasteiger partial charge in [-0.2, -0.15) is 13.2 Å². The van der Waals surface area contributed by atoms with Crippen LogP contribution in [-0.4, -0.2) is 46.3 Å². The van der Waals surface area contributed by atoms with Gasteiger partial charge in [-0.3, -0.25) is 4.31 Å². The number of alkyl halides is 3. The van der Waals surface area contributed by atoms with Crippen LogP contribution in [0.25, 0.3) is 0 Å². The number of halogens is 3. The van der Waals surface area contributed by atoms with Crippen molar-refractivity contribution in [1.29, 1.82) is 0 Å². The SMILES string of the molecule is CCS(=O)(=O)N(CCN(C)C)c1cccc(C(F)(F)F)c1. The molecule has 0 aliphatic carbocycles. The van der Waals surface area contributed by atoms with Gasteiger partial charge in [0.25, 0.3) is 0 Å². The van der Waals surface area contributed by atoms with Crippen LogP contribution in [0.1, 0.15) is 12.5 Å². The van der Waals surface area contributed by atoms with Gasteiger partial charge in [-0.25, -0.2) is 8.42 Å². The van der Waals surface area contributed by atoms with Crippen molar-refractivity contribution in [3.8, 4) is 0 Å². The van der Waals surface area contributed by atoms with Crippen LogP contribution in [-0.2, 0) is 16.2 Å². The highest BCUT2D eigenvalue weighted by Gasteiger charge is 2.31. The minimum absolute atomic E-state index is 0.0357.